The SMILES string of the molecule is COCCN(C(=O)c1nn(-c2ccccc2F)c2c1CCC2)C1CCS(=O)(=O)C1. The molecule has 1 saturated heterocycles. The van der Waals surface area contributed by atoms with Crippen molar-refractivity contribution in [3.05, 3.63) is 47.0 Å². The van der Waals surface area contributed by atoms with E-state index in [0.717, 1.165) is 24.1 Å². The van der Waals surface area contributed by atoms with Crippen molar-refractivity contribution in [1.29, 1.82) is 0 Å². The number of carbonyl (C=O) groups is 1. The fourth-order valence-corrected chi connectivity index (χ4v) is 5.96. The Balaban J connectivity index is 1.72. The van der Waals surface area contributed by atoms with E-state index in [2.05, 4.69) is 5.10 Å². The molecule has 1 aliphatic heterocycles. The van der Waals surface area contributed by atoms with Crippen LogP contribution in [0.3, 0.4) is 0 Å². The Kier molecular flexibility index (Phi) is 5.44. The van der Waals surface area contributed by atoms with E-state index in [1.54, 1.807) is 30.2 Å². The topological polar surface area (TPSA) is 81.5 Å². The van der Waals surface area contributed by atoms with Gasteiger partial charge in [0.05, 0.1) is 18.1 Å². The zero-order valence-corrected chi connectivity index (χ0v) is 17.1. The molecule has 0 spiro atoms. The molecule has 1 aromatic heterocycles. The summed E-state index contributed by atoms with van der Waals surface area (Å²) < 4.78 is 45.0. The number of aromatic nitrogens is 2. The second kappa shape index (κ2) is 7.87. The molecule has 1 unspecified atom stereocenters. The second-order valence-corrected chi connectivity index (χ2v) is 9.77. The summed E-state index contributed by atoms with van der Waals surface area (Å²) in [7, 11) is -1.61. The molecular formula is C20H24FN3O4S. The number of para-hydroxylation sites is 1. The van der Waals surface area contributed by atoms with E-state index in [-0.39, 0.29) is 24.0 Å². The first-order valence-corrected chi connectivity index (χ1v) is 11.6. The summed E-state index contributed by atoms with van der Waals surface area (Å²) in [6, 6.07) is 5.97. The molecule has 1 fully saturated rings. The summed E-state index contributed by atoms with van der Waals surface area (Å²) in [5.74, 6) is -0.672. The minimum absolute atomic E-state index is 0.0430. The zero-order valence-electron chi connectivity index (χ0n) is 16.3. The Morgan fingerprint density at radius 2 is 2.14 bits per heavy atom. The summed E-state index contributed by atoms with van der Waals surface area (Å²) >= 11 is 0. The van der Waals surface area contributed by atoms with Gasteiger partial charge in [-0.15, -0.1) is 0 Å². The van der Waals surface area contributed by atoms with Gasteiger partial charge in [-0.3, -0.25) is 4.79 Å². The number of ether oxygens (including phenoxy) is 1. The summed E-state index contributed by atoms with van der Waals surface area (Å²) in [4.78, 5) is 15.0. The maximum absolute atomic E-state index is 14.4. The quantitative estimate of drug-likeness (QED) is 0.710. The normalized spacial score (nSPS) is 20.0. The highest BCUT2D eigenvalue weighted by Crippen LogP contribution is 2.30. The van der Waals surface area contributed by atoms with Gasteiger partial charge in [0.1, 0.15) is 11.5 Å². The molecular weight excluding hydrogens is 397 g/mol. The van der Waals surface area contributed by atoms with Gasteiger partial charge in [-0.25, -0.2) is 17.5 Å². The van der Waals surface area contributed by atoms with Crippen LogP contribution in [0, 0.1) is 5.82 Å². The molecule has 0 radical (unpaired) electrons. The molecule has 1 atom stereocenters. The Labute approximate surface area is 169 Å². The van der Waals surface area contributed by atoms with Gasteiger partial charge in [0.15, 0.2) is 15.5 Å². The van der Waals surface area contributed by atoms with Crippen LogP contribution in [0.15, 0.2) is 24.3 Å². The summed E-state index contributed by atoms with van der Waals surface area (Å²) in [5, 5.41) is 4.49. The van der Waals surface area contributed by atoms with Crippen molar-refractivity contribution in [2.45, 2.75) is 31.7 Å². The van der Waals surface area contributed by atoms with Crippen LogP contribution < -0.4 is 0 Å². The minimum atomic E-state index is -3.15. The molecule has 156 valence electrons. The highest BCUT2D eigenvalue weighted by Gasteiger charge is 2.37. The molecule has 0 saturated carbocycles. The molecule has 9 heteroatoms. The van der Waals surface area contributed by atoms with Crippen molar-refractivity contribution >= 4 is 15.7 Å². The van der Waals surface area contributed by atoms with Crippen molar-refractivity contribution < 1.29 is 22.3 Å². The summed E-state index contributed by atoms with van der Waals surface area (Å²) in [6.07, 6.45) is 2.71. The number of fused-ring (bicyclic) bond motifs is 1. The molecule has 1 aliphatic carbocycles. The predicted molar refractivity (Wildman–Crippen MR) is 106 cm³/mol. The number of sulfone groups is 1. The fourth-order valence-electron chi connectivity index (χ4n) is 4.23. The monoisotopic (exact) mass is 421 g/mol. The smallest absolute Gasteiger partial charge is 0.275 e. The first-order chi connectivity index (χ1) is 13.9. The van der Waals surface area contributed by atoms with Gasteiger partial charge in [0.25, 0.3) is 5.91 Å². The number of halogens is 1. The average molecular weight is 421 g/mol. The van der Waals surface area contributed by atoms with Crippen molar-refractivity contribution in [2.24, 2.45) is 0 Å². The largest absolute Gasteiger partial charge is 0.383 e. The van der Waals surface area contributed by atoms with E-state index in [9.17, 15) is 17.6 Å². The van der Waals surface area contributed by atoms with Gasteiger partial charge in [0.2, 0.25) is 0 Å². The first-order valence-electron chi connectivity index (χ1n) is 9.77. The predicted octanol–water partition coefficient (Wildman–Crippen LogP) is 1.78. The van der Waals surface area contributed by atoms with Crippen LogP contribution in [0.2, 0.25) is 0 Å². The van der Waals surface area contributed by atoms with Gasteiger partial charge in [-0.1, -0.05) is 12.1 Å². The van der Waals surface area contributed by atoms with E-state index in [4.69, 9.17) is 4.74 Å². The van der Waals surface area contributed by atoms with Crippen molar-refractivity contribution in [1.82, 2.24) is 14.7 Å². The third kappa shape index (κ3) is 3.81. The lowest BCUT2D eigenvalue weighted by Gasteiger charge is -2.27. The molecule has 7 nitrogen and oxygen atoms in total. The van der Waals surface area contributed by atoms with Crippen LogP contribution in [0.4, 0.5) is 4.39 Å². The average Bonchev–Trinajstić information content (AvgIpc) is 3.38. The number of carbonyl (C=O) groups excluding carboxylic acids is 1. The van der Waals surface area contributed by atoms with E-state index < -0.39 is 21.7 Å². The third-order valence-electron chi connectivity index (χ3n) is 5.66. The maximum atomic E-state index is 14.4. The summed E-state index contributed by atoms with van der Waals surface area (Å²) in [5.41, 5.74) is 2.29. The lowest BCUT2D eigenvalue weighted by molar-refractivity contribution is 0.0617. The molecule has 1 amide bonds. The van der Waals surface area contributed by atoms with Gasteiger partial charge >= 0.3 is 0 Å². The Morgan fingerprint density at radius 1 is 1.34 bits per heavy atom. The molecule has 1 aromatic carbocycles. The standard InChI is InChI=1S/C20H24FN3O4S/c1-28-11-10-23(14-9-12-29(26,27)13-14)20(25)19-15-5-4-8-17(15)24(22-19)18-7-3-2-6-16(18)21/h2-3,6-7,14H,4-5,8-13H2,1H3. The number of methoxy groups -OCH3 is 1. The molecule has 4 rings (SSSR count). The summed E-state index contributed by atoms with van der Waals surface area (Å²) in [6.45, 7) is 0.593. The van der Waals surface area contributed by atoms with Crippen LogP contribution in [-0.4, -0.2) is 66.8 Å². The fraction of sp³-hybridized carbons (Fsp3) is 0.500. The lowest BCUT2D eigenvalue weighted by Crippen LogP contribution is -2.43. The van der Waals surface area contributed by atoms with Gasteiger partial charge in [0, 0.05) is 31.0 Å². The van der Waals surface area contributed by atoms with E-state index in [1.165, 1.54) is 10.7 Å². The Bertz CT molecular complexity index is 1030. The number of hydrogen-bond acceptors (Lipinski definition) is 5. The molecule has 2 heterocycles. The van der Waals surface area contributed by atoms with Gasteiger partial charge in [-0.2, -0.15) is 5.10 Å². The molecule has 0 N–H and O–H groups in total. The van der Waals surface area contributed by atoms with E-state index in [1.807, 2.05) is 0 Å². The Hall–Kier alpha value is -2.26. The number of amides is 1. The lowest BCUT2D eigenvalue weighted by atomic mass is 10.1. The minimum Gasteiger partial charge on any atom is -0.383 e. The van der Waals surface area contributed by atoms with E-state index in [0.29, 0.717) is 30.8 Å². The van der Waals surface area contributed by atoms with Crippen LogP contribution in [0.1, 0.15) is 34.6 Å². The van der Waals surface area contributed by atoms with Crippen LogP contribution in [-0.2, 0) is 27.4 Å². The molecule has 2 aromatic rings. The van der Waals surface area contributed by atoms with Crippen molar-refractivity contribution in [3.8, 4) is 5.69 Å². The maximum Gasteiger partial charge on any atom is 0.275 e. The van der Waals surface area contributed by atoms with Crippen LogP contribution >= 0.6 is 0 Å². The zero-order chi connectivity index (χ0) is 20.6. The second-order valence-electron chi connectivity index (χ2n) is 7.54. The third-order valence-corrected chi connectivity index (χ3v) is 7.41. The molecule has 29 heavy (non-hydrogen) atoms. The number of nitrogens with zero attached hydrogens (tertiary/aromatic N) is 3. The highest BCUT2D eigenvalue weighted by molar-refractivity contribution is 7.91. The number of hydrogen-bond donors (Lipinski definition) is 0. The van der Waals surface area contributed by atoms with E-state index >= 15 is 0 Å². The van der Waals surface area contributed by atoms with Crippen LogP contribution in [0.25, 0.3) is 5.69 Å². The van der Waals surface area contributed by atoms with Crippen LogP contribution in [0.5, 0.6) is 0 Å². The van der Waals surface area contributed by atoms with Gasteiger partial charge in [-0.05, 0) is 37.8 Å². The molecule has 0 bridgehead atoms. The number of benzene rings is 1. The first kappa shape index (κ1) is 20.0. The number of rotatable bonds is 6. The van der Waals surface area contributed by atoms with Gasteiger partial charge < -0.3 is 9.64 Å². The van der Waals surface area contributed by atoms with Crippen molar-refractivity contribution in [2.75, 3.05) is 31.8 Å². The Morgan fingerprint density at radius 3 is 2.83 bits per heavy atom. The van der Waals surface area contributed by atoms with Crippen molar-refractivity contribution in [3.63, 3.8) is 0 Å². The molecule has 2 aliphatic rings. The highest BCUT2D eigenvalue weighted by atomic mass is 32.2.